The lowest BCUT2D eigenvalue weighted by atomic mass is 9.83. The van der Waals surface area contributed by atoms with Crippen LogP contribution in [0.2, 0.25) is 0 Å². The Morgan fingerprint density at radius 1 is 1.13 bits per heavy atom. The molecule has 0 atom stereocenters. The number of piperazine rings is 1. The maximum absolute atomic E-state index is 11.1. The molecule has 23 heavy (non-hydrogen) atoms. The summed E-state index contributed by atoms with van der Waals surface area (Å²) in [6, 6.07) is 6.60. The number of carbonyl (C=O) groups excluding carboxylic acids is 1. The minimum atomic E-state index is -0.250. The number of nitrogens with zero attached hydrogens (tertiary/aromatic N) is 2. The highest BCUT2D eigenvalue weighted by molar-refractivity contribution is 5.68. The molecule has 0 radical (unpaired) electrons. The van der Waals surface area contributed by atoms with Gasteiger partial charge in [-0.25, -0.2) is 0 Å². The van der Waals surface area contributed by atoms with Gasteiger partial charge in [0.1, 0.15) is 0 Å². The molecule has 4 nitrogen and oxygen atoms in total. The maximum Gasteiger partial charge on any atom is 0.322 e. The normalized spacial score (nSPS) is 16.3. The number of carbonyl (C=O) groups is 1. The first-order valence-electron chi connectivity index (χ1n) is 8.17. The summed E-state index contributed by atoms with van der Waals surface area (Å²) in [5.41, 5.74) is 4.94. The summed E-state index contributed by atoms with van der Waals surface area (Å²) in [6.45, 7) is 17.4. The minimum Gasteiger partial charge on any atom is -0.368 e. The number of hydroxylamine groups is 2. The van der Waals surface area contributed by atoms with E-state index in [1.165, 1.54) is 23.7 Å². The summed E-state index contributed by atoms with van der Waals surface area (Å²) in [5.74, 6) is -0.250. The van der Waals surface area contributed by atoms with Crippen molar-refractivity contribution in [1.82, 2.24) is 5.06 Å². The molecule has 0 unspecified atom stereocenters. The molecule has 1 aliphatic heterocycles. The molecule has 1 aromatic rings. The van der Waals surface area contributed by atoms with Gasteiger partial charge in [0.15, 0.2) is 0 Å². The van der Waals surface area contributed by atoms with Crippen molar-refractivity contribution in [3.8, 4) is 0 Å². The molecule has 0 spiro atoms. The highest BCUT2D eigenvalue weighted by Gasteiger charge is 2.25. The largest absolute Gasteiger partial charge is 0.368 e. The third kappa shape index (κ3) is 4.35. The van der Waals surface area contributed by atoms with E-state index >= 15 is 0 Å². The highest BCUT2D eigenvalue weighted by atomic mass is 16.7. The average molecular weight is 316 g/mol. The first kappa shape index (κ1) is 17.5. The van der Waals surface area contributed by atoms with E-state index in [0.717, 1.165) is 31.8 Å². The molecule has 1 fully saturated rings. The van der Waals surface area contributed by atoms with Crippen molar-refractivity contribution in [3.05, 3.63) is 35.9 Å². The van der Waals surface area contributed by atoms with Crippen LogP contribution in [-0.2, 0) is 15.0 Å². The van der Waals surface area contributed by atoms with E-state index in [1.54, 1.807) is 5.06 Å². The van der Waals surface area contributed by atoms with Crippen LogP contribution >= 0.6 is 0 Å². The fourth-order valence-electron chi connectivity index (χ4n) is 2.88. The van der Waals surface area contributed by atoms with E-state index in [2.05, 4.69) is 50.4 Å². The van der Waals surface area contributed by atoms with Gasteiger partial charge in [-0.3, -0.25) is 4.79 Å². The molecule has 126 valence electrons. The molecular weight excluding hydrogens is 288 g/mol. The van der Waals surface area contributed by atoms with E-state index < -0.39 is 0 Å². The Morgan fingerprint density at radius 3 is 2.22 bits per heavy atom. The smallest absolute Gasteiger partial charge is 0.322 e. The fraction of sp³-hybridized carbons (Fsp3) is 0.526. The summed E-state index contributed by atoms with van der Waals surface area (Å²) in [7, 11) is 0. The predicted octanol–water partition coefficient (Wildman–Crippen LogP) is 3.62. The van der Waals surface area contributed by atoms with Gasteiger partial charge in [-0.2, -0.15) is 0 Å². The number of rotatable bonds is 3. The van der Waals surface area contributed by atoms with Crippen LogP contribution < -0.4 is 4.90 Å². The molecule has 1 saturated heterocycles. The summed E-state index contributed by atoms with van der Waals surface area (Å²) in [4.78, 5) is 18.6. The SMILES string of the molecule is C=C(C)c1ccc(N2CCN(OC(C)=O)CC2)c(C(C)(C)C)c1. The summed E-state index contributed by atoms with van der Waals surface area (Å²) < 4.78 is 0. The zero-order valence-corrected chi connectivity index (χ0v) is 15.0. The quantitative estimate of drug-likeness (QED) is 0.853. The van der Waals surface area contributed by atoms with E-state index in [4.69, 9.17) is 4.84 Å². The van der Waals surface area contributed by atoms with Crippen molar-refractivity contribution in [2.75, 3.05) is 31.1 Å². The van der Waals surface area contributed by atoms with Gasteiger partial charge in [-0.05, 0) is 35.6 Å². The van der Waals surface area contributed by atoms with Crippen molar-refractivity contribution in [1.29, 1.82) is 0 Å². The summed E-state index contributed by atoms with van der Waals surface area (Å²) in [5, 5.41) is 1.75. The maximum atomic E-state index is 11.1. The van der Waals surface area contributed by atoms with Gasteiger partial charge >= 0.3 is 5.97 Å². The number of anilines is 1. The van der Waals surface area contributed by atoms with Crippen LogP contribution in [0.5, 0.6) is 0 Å². The van der Waals surface area contributed by atoms with Gasteiger partial charge < -0.3 is 9.74 Å². The van der Waals surface area contributed by atoms with Gasteiger partial charge in [0.05, 0.1) is 13.1 Å². The lowest BCUT2D eigenvalue weighted by Gasteiger charge is -2.37. The van der Waals surface area contributed by atoms with Crippen LogP contribution in [-0.4, -0.2) is 37.2 Å². The molecule has 1 aliphatic rings. The third-order valence-corrected chi connectivity index (χ3v) is 4.13. The van der Waals surface area contributed by atoms with Crippen molar-refractivity contribution in [3.63, 3.8) is 0 Å². The van der Waals surface area contributed by atoms with E-state index in [1.807, 2.05) is 6.92 Å². The number of allylic oxidation sites excluding steroid dienone is 1. The number of hydrogen-bond acceptors (Lipinski definition) is 4. The lowest BCUT2D eigenvalue weighted by molar-refractivity contribution is -0.188. The summed E-state index contributed by atoms with van der Waals surface area (Å²) >= 11 is 0. The average Bonchev–Trinajstić information content (AvgIpc) is 2.46. The van der Waals surface area contributed by atoms with Gasteiger partial charge in [0, 0.05) is 25.7 Å². The van der Waals surface area contributed by atoms with Gasteiger partial charge in [-0.1, -0.05) is 39.0 Å². The second-order valence-corrected chi connectivity index (χ2v) is 7.26. The van der Waals surface area contributed by atoms with E-state index in [-0.39, 0.29) is 11.4 Å². The van der Waals surface area contributed by atoms with E-state index in [0.29, 0.717) is 0 Å². The van der Waals surface area contributed by atoms with Crippen LogP contribution in [0, 0.1) is 0 Å². The molecule has 0 saturated carbocycles. The highest BCUT2D eigenvalue weighted by Crippen LogP contribution is 2.34. The molecule has 1 aromatic carbocycles. The van der Waals surface area contributed by atoms with Crippen LogP contribution in [0.15, 0.2) is 24.8 Å². The van der Waals surface area contributed by atoms with Crippen LogP contribution in [0.1, 0.15) is 45.7 Å². The number of hydrogen-bond donors (Lipinski definition) is 0. The lowest BCUT2D eigenvalue weighted by Crippen LogP contribution is -2.47. The Labute approximate surface area is 139 Å². The zero-order chi connectivity index (χ0) is 17.2. The molecule has 0 aliphatic carbocycles. The van der Waals surface area contributed by atoms with Crippen molar-refractivity contribution in [2.24, 2.45) is 0 Å². The monoisotopic (exact) mass is 316 g/mol. The van der Waals surface area contributed by atoms with Crippen LogP contribution in [0.25, 0.3) is 5.57 Å². The van der Waals surface area contributed by atoms with E-state index in [9.17, 15) is 4.79 Å². The standard InChI is InChI=1S/C19H28N2O2/c1-14(2)16-7-8-18(17(13-16)19(4,5)6)20-9-11-21(12-10-20)23-15(3)22/h7-8,13H,1,9-12H2,2-6H3. The van der Waals surface area contributed by atoms with Crippen LogP contribution in [0.3, 0.4) is 0 Å². The Balaban J connectivity index is 2.23. The molecule has 0 amide bonds. The van der Waals surface area contributed by atoms with Crippen molar-refractivity contribution < 1.29 is 9.63 Å². The second kappa shape index (κ2) is 6.75. The van der Waals surface area contributed by atoms with Crippen molar-refractivity contribution in [2.45, 2.75) is 40.0 Å². The Hall–Kier alpha value is -1.81. The Kier molecular flexibility index (Phi) is 5.15. The second-order valence-electron chi connectivity index (χ2n) is 7.26. The summed E-state index contributed by atoms with van der Waals surface area (Å²) in [6.07, 6.45) is 0. The molecular formula is C19H28N2O2. The van der Waals surface area contributed by atoms with Crippen molar-refractivity contribution >= 4 is 17.2 Å². The van der Waals surface area contributed by atoms with Crippen LogP contribution in [0.4, 0.5) is 5.69 Å². The fourth-order valence-corrected chi connectivity index (χ4v) is 2.88. The Bertz CT molecular complexity index is 594. The van der Waals surface area contributed by atoms with Gasteiger partial charge in [0.2, 0.25) is 0 Å². The molecule has 2 rings (SSSR count). The minimum absolute atomic E-state index is 0.0633. The molecule has 0 aromatic heterocycles. The predicted molar refractivity (Wildman–Crippen MR) is 95.4 cm³/mol. The van der Waals surface area contributed by atoms with Gasteiger partial charge in [-0.15, -0.1) is 5.06 Å². The Morgan fingerprint density at radius 2 is 1.74 bits per heavy atom. The topological polar surface area (TPSA) is 32.8 Å². The third-order valence-electron chi connectivity index (χ3n) is 4.13. The molecule has 4 heteroatoms. The molecule has 1 heterocycles. The molecule has 0 bridgehead atoms. The number of benzene rings is 1. The van der Waals surface area contributed by atoms with Gasteiger partial charge in [0.25, 0.3) is 0 Å². The first-order chi connectivity index (χ1) is 10.7. The molecule has 0 N–H and O–H groups in total. The first-order valence-corrected chi connectivity index (χ1v) is 8.17. The zero-order valence-electron chi connectivity index (χ0n) is 15.0.